The van der Waals surface area contributed by atoms with E-state index in [1.165, 1.54) is 6.20 Å². The average molecular weight is 425 g/mol. The Bertz CT molecular complexity index is 1030. The number of benzene rings is 1. The SMILES string of the molecule is COc1cc(C#C[Si](C)(C)C)c(Oc2cnc(N)nc2N)cc1C#C[Si](C)(C)C. The molecule has 2 aromatic rings. The van der Waals surface area contributed by atoms with Crippen molar-refractivity contribution in [1.82, 2.24) is 9.97 Å². The number of aromatic nitrogens is 2. The maximum Gasteiger partial charge on any atom is 0.222 e. The van der Waals surface area contributed by atoms with Crippen LogP contribution >= 0.6 is 0 Å². The number of hydrogen-bond donors (Lipinski definition) is 2. The van der Waals surface area contributed by atoms with Crippen LogP contribution in [0.1, 0.15) is 11.1 Å². The topological polar surface area (TPSA) is 96.3 Å². The number of ether oxygens (including phenoxy) is 2. The van der Waals surface area contributed by atoms with E-state index < -0.39 is 16.1 Å². The van der Waals surface area contributed by atoms with Crippen LogP contribution in [0.4, 0.5) is 11.8 Å². The molecule has 0 aliphatic heterocycles. The molecule has 8 heteroatoms. The minimum atomic E-state index is -1.60. The third-order valence-corrected chi connectivity index (χ3v) is 5.22. The molecule has 1 heterocycles. The standard InChI is InChI=1S/C21H28N4O2Si2/c1-26-17-12-16(9-11-29(5,6)7)18(13-15(17)8-10-28(2,3)4)27-19-14-24-21(23)25-20(19)22/h12-14H,1-7H3,(H4,22,23,24,25). The number of nitrogens with zero attached hydrogens (tertiary/aromatic N) is 2. The molecule has 0 bridgehead atoms. The maximum atomic E-state index is 6.03. The van der Waals surface area contributed by atoms with Crippen LogP contribution in [0.3, 0.4) is 0 Å². The van der Waals surface area contributed by atoms with E-state index in [1.54, 1.807) is 7.11 Å². The average Bonchev–Trinajstić information content (AvgIpc) is 2.59. The first-order valence-corrected chi connectivity index (χ1v) is 16.2. The second-order valence-corrected chi connectivity index (χ2v) is 18.1. The summed E-state index contributed by atoms with van der Waals surface area (Å²) in [6, 6.07) is 3.68. The summed E-state index contributed by atoms with van der Waals surface area (Å²) in [7, 11) is -1.55. The molecule has 0 saturated heterocycles. The summed E-state index contributed by atoms with van der Waals surface area (Å²) < 4.78 is 11.6. The normalized spacial score (nSPS) is 11.0. The number of anilines is 2. The second kappa shape index (κ2) is 8.60. The fourth-order valence-electron chi connectivity index (χ4n) is 2.11. The molecular formula is C21H28N4O2Si2. The van der Waals surface area contributed by atoms with Crippen molar-refractivity contribution < 1.29 is 9.47 Å². The predicted octanol–water partition coefficient (Wildman–Crippen LogP) is 3.90. The molecule has 0 fully saturated rings. The van der Waals surface area contributed by atoms with Crippen molar-refractivity contribution in [2.45, 2.75) is 39.3 Å². The van der Waals surface area contributed by atoms with Gasteiger partial charge in [-0.1, -0.05) is 51.1 Å². The molecule has 0 amide bonds. The number of methoxy groups -OCH3 is 1. The summed E-state index contributed by atoms with van der Waals surface area (Å²) in [6.07, 6.45) is 1.45. The summed E-state index contributed by atoms with van der Waals surface area (Å²) in [5, 5.41) is 0. The van der Waals surface area contributed by atoms with Crippen LogP contribution in [-0.2, 0) is 0 Å². The van der Waals surface area contributed by atoms with Crippen molar-refractivity contribution in [2.24, 2.45) is 0 Å². The third-order valence-electron chi connectivity index (χ3n) is 3.47. The van der Waals surface area contributed by atoms with Crippen LogP contribution in [0.25, 0.3) is 0 Å². The molecule has 0 aliphatic rings. The second-order valence-electron chi connectivity index (χ2n) is 8.63. The van der Waals surface area contributed by atoms with Gasteiger partial charge in [0, 0.05) is 12.1 Å². The monoisotopic (exact) mass is 424 g/mol. The lowest BCUT2D eigenvalue weighted by Crippen LogP contribution is -2.16. The van der Waals surface area contributed by atoms with Gasteiger partial charge in [-0.15, -0.1) is 11.1 Å². The molecule has 0 radical (unpaired) electrons. The van der Waals surface area contributed by atoms with E-state index in [0.717, 1.165) is 5.56 Å². The summed E-state index contributed by atoms with van der Waals surface area (Å²) in [5.74, 6) is 8.22. The molecule has 2 rings (SSSR count). The zero-order chi connectivity index (χ0) is 21.8. The Morgan fingerprint density at radius 2 is 1.34 bits per heavy atom. The van der Waals surface area contributed by atoms with Gasteiger partial charge in [-0.05, 0) is 0 Å². The highest BCUT2D eigenvalue weighted by atomic mass is 28.3. The van der Waals surface area contributed by atoms with E-state index in [-0.39, 0.29) is 11.8 Å². The van der Waals surface area contributed by atoms with Gasteiger partial charge >= 0.3 is 0 Å². The summed E-state index contributed by atoms with van der Waals surface area (Å²) in [6.45, 7) is 13.1. The minimum absolute atomic E-state index is 0.0880. The Morgan fingerprint density at radius 3 is 1.83 bits per heavy atom. The first kappa shape index (κ1) is 22.3. The fourth-order valence-corrected chi connectivity index (χ4v) is 3.13. The van der Waals surface area contributed by atoms with Crippen molar-refractivity contribution >= 4 is 27.9 Å². The molecule has 0 aliphatic carbocycles. The predicted molar refractivity (Wildman–Crippen MR) is 124 cm³/mol. The lowest BCUT2D eigenvalue weighted by molar-refractivity contribution is 0.411. The van der Waals surface area contributed by atoms with Crippen molar-refractivity contribution in [3.63, 3.8) is 0 Å². The molecule has 0 atom stereocenters. The van der Waals surface area contributed by atoms with Crippen LogP contribution in [0.15, 0.2) is 18.3 Å². The van der Waals surface area contributed by atoms with Gasteiger partial charge < -0.3 is 20.9 Å². The zero-order valence-corrected chi connectivity index (χ0v) is 20.1. The van der Waals surface area contributed by atoms with Crippen molar-refractivity contribution in [3.05, 3.63) is 29.5 Å². The Hall–Kier alpha value is -2.95. The van der Waals surface area contributed by atoms with Gasteiger partial charge in [-0.3, -0.25) is 0 Å². The molecule has 1 aromatic heterocycles. The largest absolute Gasteiger partial charge is 0.495 e. The van der Waals surface area contributed by atoms with Gasteiger partial charge in [0.15, 0.2) is 11.6 Å². The number of rotatable bonds is 3. The van der Waals surface area contributed by atoms with Crippen LogP contribution in [0.2, 0.25) is 39.3 Å². The molecule has 0 spiro atoms. The third kappa shape index (κ3) is 6.86. The first-order chi connectivity index (χ1) is 13.4. The highest BCUT2D eigenvalue weighted by Gasteiger charge is 2.15. The lowest BCUT2D eigenvalue weighted by Gasteiger charge is -2.13. The lowest BCUT2D eigenvalue weighted by atomic mass is 10.1. The molecule has 0 saturated carbocycles. The first-order valence-electron chi connectivity index (χ1n) is 9.22. The fraction of sp³-hybridized carbons (Fsp3) is 0.333. The summed E-state index contributed by atoms with van der Waals surface area (Å²) in [4.78, 5) is 7.91. The highest BCUT2D eigenvalue weighted by molar-refractivity contribution is 6.84. The maximum absolute atomic E-state index is 6.03. The minimum Gasteiger partial charge on any atom is -0.495 e. The van der Waals surface area contributed by atoms with Gasteiger partial charge in [0.05, 0.1) is 24.4 Å². The van der Waals surface area contributed by atoms with Gasteiger partial charge in [0.1, 0.15) is 27.6 Å². The summed E-state index contributed by atoms with van der Waals surface area (Å²) >= 11 is 0. The van der Waals surface area contributed by atoms with Crippen LogP contribution in [0, 0.1) is 22.9 Å². The molecule has 1 aromatic carbocycles. The van der Waals surface area contributed by atoms with E-state index >= 15 is 0 Å². The number of hydrogen-bond acceptors (Lipinski definition) is 6. The van der Waals surface area contributed by atoms with Crippen LogP contribution in [0.5, 0.6) is 17.2 Å². The zero-order valence-electron chi connectivity index (χ0n) is 18.1. The Balaban J connectivity index is 2.64. The van der Waals surface area contributed by atoms with Crippen LogP contribution in [-0.4, -0.2) is 33.2 Å². The number of nitrogen functional groups attached to an aromatic ring is 2. The van der Waals surface area contributed by atoms with Gasteiger partial charge in [-0.25, -0.2) is 4.98 Å². The van der Waals surface area contributed by atoms with Gasteiger partial charge in [0.2, 0.25) is 5.95 Å². The number of nitrogens with two attached hydrogens (primary N) is 2. The molecule has 0 unspecified atom stereocenters. The Kier molecular flexibility index (Phi) is 6.63. The van der Waals surface area contributed by atoms with Crippen LogP contribution < -0.4 is 20.9 Å². The Labute approximate surface area is 175 Å². The molecular weight excluding hydrogens is 396 g/mol. The summed E-state index contributed by atoms with van der Waals surface area (Å²) in [5.41, 5.74) is 19.7. The Morgan fingerprint density at radius 1 is 0.828 bits per heavy atom. The van der Waals surface area contributed by atoms with Gasteiger partial charge in [0.25, 0.3) is 0 Å². The van der Waals surface area contributed by atoms with Gasteiger partial charge in [-0.2, -0.15) is 4.98 Å². The highest BCUT2D eigenvalue weighted by Crippen LogP contribution is 2.33. The quantitative estimate of drug-likeness (QED) is 0.573. The molecule has 29 heavy (non-hydrogen) atoms. The van der Waals surface area contributed by atoms with Crippen molar-refractivity contribution in [3.8, 4) is 40.2 Å². The van der Waals surface area contributed by atoms with E-state index in [1.807, 2.05) is 12.1 Å². The molecule has 6 nitrogen and oxygen atoms in total. The molecule has 4 N–H and O–H groups in total. The van der Waals surface area contributed by atoms with E-state index in [9.17, 15) is 0 Å². The smallest absolute Gasteiger partial charge is 0.222 e. The molecule has 152 valence electrons. The van der Waals surface area contributed by atoms with E-state index in [0.29, 0.717) is 22.8 Å². The van der Waals surface area contributed by atoms with E-state index in [4.69, 9.17) is 20.9 Å². The van der Waals surface area contributed by atoms with E-state index in [2.05, 4.69) is 72.2 Å². The van der Waals surface area contributed by atoms with Crippen molar-refractivity contribution in [1.29, 1.82) is 0 Å². The van der Waals surface area contributed by atoms with Crippen molar-refractivity contribution in [2.75, 3.05) is 18.6 Å².